The number of aromatic nitrogens is 6. The lowest BCUT2D eigenvalue weighted by Gasteiger charge is -2.09. The second-order valence-electron chi connectivity index (χ2n) is 6.92. The molecule has 0 spiro atoms. The Balaban J connectivity index is 1.74. The Morgan fingerprint density at radius 1 is 1.11 bits per heavy atom. The number of nitrogens with one attached hydrogen (secondary N) is 1. The van der Waals surface area contributed by atoms with E-state index in [9.17, 15) is 4.79 Å². The van der Waals surface area contributed by atoms with E-state index < -0.39 is 0 Å². The van der Waals surface area contributed by atoms with Crippen LogP contribution in [-0.2, 0) is 24.3 Å². The summed E-state index contributed by atoms with van der Waals surface area (Å²) >= 11 is 0. The van der Waals surface area contributed by atoms with Crippen LogP contribution in [0.2, 0.25) is 0 Å². The second kappa shape index (κ2) is 8.77. The third-order valence-corrected chi connectivity index (χ3v) is 4.43. The van der Waals surface area contributed by atoms with Gasteiger partial charge in [0.2, 0.25) is 5.91 Å². The lowest BCUT2D eigenvalue weighted by Crippen LogP contribution is -2.21. The van der Waals surface area contributed by atoms with E-state index in [0.29, 0.717) is 0 Å². The van der Waals surface area contributed by atoms with E-state index >= 15 is 0 Å². The van der Waals surface area contributed by atoms with Crippen LogP contribution in [0.4, 0.5) is 5.82 Å². The van der Waals surface area contributed by atoms with Crippen molar-refractivity contribution < 1.29 is 4.79 Å². The molecule has 0 aromatic carbocycles. The lowest BCUT2D eigenvalue weighted by molar-refractivity contribution is -0.117. The third-order valence-electron chi connectivity index (χ3n) is 4.43. The fourth-order valence-corrected chi connectivity index (χ4v) is 3.11. The van der Waals surface area contributed by atoms with Gasteiger partial charge in [0.05, 0.1) is 18.1 Å². The Hall–Kier alpha value is -3.03. The molecule has 0 saturated carbocycles. The summed E-state index contributed by atoms with van der Waals surface area (Å²) in [4.78, 5) is 21.4. The van der Waals surface area contributed by atoms with E-state index in [0.717, 1.165) is 59.8 Å². The van der Waals surface area contributed by atoms with Crippen molar-refractivity contribution in [2.24, 2.45) is 0 Å². The minimum atomic E-state index is -0.136. The minimum absolute atomic E-state index is 0.129. The van der Waals surface area contributed by atoms with Gasteiger partial charge in [-0.25, -0.2) is 14.6 Å². The fourth-order valence-electron chi connectivity index (χ4n) is 3.11. The van der Waals surface area contributed by atoms with Crippen LogP contribution >= 0.6 is 0 Å². The first-order valence-corrected chi connectivity index (χ1v) is 9.69. The van der Waals surface area contributed by atoms with Crippen LogP contribution in [0.3, 0.4) is 0 Å². The van der Waals surface area contributed by atoms with Crippen LogP contribution < -0.4 is 5.32 Å². The Labute approximate surface area is 165 Å². The Kier molecular flexibility index (Phi) is 6.18. The minimum Gasteiger partial charge on any atom is -0.309 e. The summed E-state index contributed by atoms with van der Waals surface area (Å²) in [5.74, 6) is 1.33. The summed E-state index contributed by atoms with van der Waals surface area (Å²) in [6, 6.07) is 0. The molecule has 28 heavy (non-hydrogen) atoms. The number of rotatable bonds is 8. The molecule has 0 atom stereocenters. The molecule has 0 unspecified atom stereocenters. The quantitative estimate of drug-likeness (QED) is 0.647. The van der Waals surface area contributed by atoms with E-state index in [2.05, 4.69) is 39.3 Å². The van der Waals surface area contributed by atoms with Gasteiger partial charge in [-0.1, -0.05) is 20.3 Å². The van der Waals surface area contributed by atoms with Crippen LogP contribution in [0.25, 0.3) is 11.3 Å². The molecule has 3 heterocycles. The molecule has 0 aliphatic rings. The summed E-state index contributed by atoms with van der Waals surface area (Å²) in [6.45, 7) is 8.91. The molecule has 0 bridgehead atoms. The van der Waals surface area contributed by atoms with E-state index in [1.807, 2.05) is 30.9 Å². The summed E-state index contributed by atoms with van der Waals surface area (Å²) < 4.78 is 3.45. The highest BCUT2D eigenvalue weighted by molar-refractivity contribution is 5.90. The Morgan fingerprint density at radius 3 is 2.68 bits per heavy atom. The smallest absolute Gasteiger partial charge is 0.247 e. The summed E-state index contributed by atoms with van der Waals surface area (Å²) in [7, 11) is 0. The highest BCUT2D eigenvalue weighted by Gasteiger charge is 2.14. The molecule has 3 aromatic rings. The van der Waals surface area contributed by atoms with Crippen molar-refractivity contribution >= 4 is 11.7 Å². The molecular weight excluding hydrogens is 354 g/mol. The van der Waals surface area contributed by atoms with Crippen molar-refractivity contribution in [2.45, 2.75) is 60.0 Å². The van der Waals surface area contributed by atoms with Gasteiger partial charge in [-0.05, 0) is 32.3 Å². The zero-order valence-electron chi connectivity index (χ0n) is 16.9. The highest BCUT2D eigenvalue weighted by atomic mass is 16.2. The number of carbonyl (C=O) groups is 1. The number of hydrogen-bond donors (Lipinski definition) is 1. The summed E-state index contributed by atoms with van der Waals surface area (Å²) in [5, 5.41) is 11.6. The molecule has 0 radical (unpaired) electrons. The van der Waals surface area contributed by atoms with Crippen LogP contribution in [-0.4, -0.2) is 35.4 Å². The lowest BCUT2D eigenvalue weighted by atomic mass is 10.1. The number of aryl methyl sites for hydroxylation is 4. The van der Waals surface area contributed by atoms with Crippen molar-refractivity contribution in [3.05, 3.63) is 41.7 Å². The topological polar surface area (TPSA) is 90.5 Å². The van der Waals surface area contributed by atoms with E-state index in [4.69, 9.17) is 0 Å². The molecule has 3 rings (SSSR count). The SMILES string of the molecule is CCCc1cnc(C)nc1-c1cnn(CC(=O)Nc2c(C)cnn2CCC)c1. The van der Waals surface area contributed by atoms with Crippen LogP contribution in [0.15, 0.2) is 24.8 Å². The zero-order chi connectivity index (χ0) is 20.1. The molecule has 1 amide bonds. The van der Waals surface area contributed by atoms with Gasteiger partial charge in [0.15, 0.2) is 0 Å². The van der Waals surface area contributed by atoms with Crippen molar-refractivity contribution in [2.75, 3.05) is 5.32 Å². The number of hydrogen-bond acceptors (Lipinski definition) is 5. The molecule has 0 fully saturated rings. The number of carbonyl (C=O) groups excluding carboxylic acids is 1. The van der Waals surface area contributed by atoms with Gasteiger partial charge in [-0.2, -0.15) is 10.2 Å². The van der Waals surface area contributed by atoms with E-state index in [1.54, 1.807) is 17.1 Å². The van der Waals surface area contributed by atoms with Crippen LogP contribution in [0.1, 0.15) is 43.6 Å². The maximum Gasteiger partial charge on any atom is 0.247 e. The average molecular weight is 381 g/mol. The zero-order valence-corrected chi connectivity index (χ0v) is 16.9. The molecule has 148 valence electrons. The normalized spacial score (nSPS) is 11.0. The van der Waals surface area contributed by atoms with E-state index in [-0.39, 0.29) is 12.5 Å². The maximum atomic E-state index is 12.5. The summed E-state index contributed by atoms with van der Waals surface area (Å²) in [6.07, 6.45) is 10.1. The van der Waals surface area contributed by atoms with Gasteiger partial charge < -0.3 is 5.32 Å². The van der Waals surface area contributed by atoms with Crippen molar-refractivity contribution in [1.82, 2.24) is 29.5 Å². The number of nitrogens with zero attached hydrogens (tertiary/aromatic N) is 6. The molecule has 8 heteroatoms. The Morgan fingerprint density at radius 2 is 1.93 bits per heavy atom. The van der Waals surface area contributed by atoms with Crippen molar-refractivity contribution in [3.63, 3.8) is 0 Å². The first-order valence-electron chi connectivity index (χ1n) is 9.69. The van der Waals surface area contributed by atoms with Gasteiger partial charge in [-0.15, -0.1) is 0 Å². The third kappa shape index (κ3) is 4.44. The predicted molar refractivity (Wildman–Crippen MR) is 108 cm³/mol. The summed E-state index contributed by atoms with van der Waals surface area (Å²) in [5.41, 5.74) is 3.83. The second-order valence-corrected chi connectivity index (χ2v) is 6.92. The molecule has 0 aliphatic carbocycles. The highest BCUT2D eigenvalue weighted by Crippen LogP contribution is 2.22. The molecule has 0 aliphatic heterocycles. The molecule has 8 nitrogen and oxygen atoms in total. The van der Waals surface area contributed by atoms with Crippen molar-refractivity contribution in [1.29, 1.82) is 0 Å². The monoisotopic (exact) mass is 381 g/mol. The van der Waals surface area contributed by atoms with Gasteiger partial charge in [-0.3, -0.25) is 9.48 Å². The molecule has 1 N–H and O–H groups in total. The molecule has 0 saturated heterocycles. The van der Waals surface area contributed by atoms with Crippen molar-refractivity contribution in [3.8, 4) is 11.3 Å². The van der Waals surface area contributed by atoms with Crippen LogP contribution in [0, 0.1) is 13.8 Å². The molecule has 3 aromatic heterocycles. The van der Waals surface area contributed by atoms with Gasteiger partial charge >= 0.3 is 0 Å². The maximum absolute atomic E-state index is 12.5. The van der Waals surface area contributed by atoms with Crippen LogP contribution in [0.5, 0.6) is 0 Å². The van der Waals surface area contributed by atoms with E-state index in [1.165, 1.54) is 0 Å². The standard InChI is InChI=1S/C20H27N7O/c1-5-7-16-10-21-15(4)24-19(16)17-11-22-26(12-17)13-18(28)25-20-14(3)9-23-27(20)8-6-2/h9-12H,5-8,13H2,1-4H3,(H,25,28). The van der Waals surface area contributed by atoms with Gasteiger partial charge in [0.25, 0.3) is 0 Å². The largest absolute Gasteiger partial charge is 0.309 e. The fraction of sp³-hybridized carbons (Fsp3) is 0.450. The average Bonchev–Trinajstić information content (AvgIpc) is 3.25. The predicted octanol–water partition coefficient (Wildman–Crippen LogP) is 3.15. The van der Waals surface area contributed by atoms with Gasteiger partial charge in [0.1, 0.15) is 18.2 Å². The first-order chi connectivity index (χ1) is 13.5. The Bertz CT molecular complexity index is 957. The van der Waals surface area contributed by atoms with Gasteiger partial charge in [0, 0.05) is 30.1 Å². The molecular formula is C20H27N7O. The first kappa shape index (κ1) is 19.7. The number of amides is 1. The number of anilines is 1.